The number of hydrogen-bond donors (Lipinski definition) is 2. The highest BCUT2D eigenvalue weighted by atomic mass is 35.5. The molecule has 1 fully saturated rings. The lowest BCUT2D eigenvalue weighted by Crippen LogP contribution is -2.48. The largest absolute Gasteiger partial charge is 0.484 e. The Labute approximate surface area is 190 Å². The number of amides is 2. The van der Waals surface area contributed by atoms with Crippen molar-refractivity contribution < 1.29 is 36.6 Å². The van der Waals surface area contributed by atoms with Crippen molar-refractivity contribution in [2.24, 2.45) is 0 Å². The SMILES string of the molecule is O=C(COc1ccc(Cl)c(F)c1)N[C@@H]1CC[C@@H](C(=O)NCc2cnc(C(F)(F)F)nc2)OC1. The zero-order valence-corrected chi connectivity index (χ0v) is 17.8. The molecule has 178 valence electrons. The number of carbonyl (C=O) groups is 2. The number of carbonyl (C=O) groups excluding carboxylic acids is 2. The molecule has 1 aromatic carbocycles. The van der Waals surface area contributed by atoms with Crippen LogP contribution >= 0.6 is 11.6 Å². The number of halogens is 5. The van der Waals surface area contributed by atoms with Crippen LogP contribution in [0, 0.1) is 5.82 Å². The van der Waals surface area contributed by atoms with Gasteiger partial charge in [0.25, 0.3) is 5.91 Å². The van der Waals surface area contributed by atoms with Crippen LogP contribution < -0.4 is 15.4 Å². The molecular formula is C20H19ClF4N4O4. The summed E-state index contributed by atoms with van der Waals surface area (Å²) in [5.41, 5.74) is 0.304. The fraction of sp³-hybridized carbons (Fsp3) is 0.400. The molecule has 33 heavy (non-hydrogen) atoms. The van der Waals surface area contributed by atoms with Gasteiger partial charge in [0, 0.05) is 30.6 Å². The Kier molecular flexibility index (Phi) is 8.03. The smallest absolute Gasteiger partial charge is 0.451 e. The fourth-order valence-electron chi connectivity index (χ4n) is 2.95. The summed E-state index contributed by atoms with van der Waals surface area (Å²) in [6.07, 6.45) is -2.63. The Morgan fingerprint density at radius 3 is 2.55 bits per heavy atom. The van der Waals surface area contributed by atoms with Gasteiger partial charge in [-0.1, -0.05) is 11.6 Å². The second-order valence-corrected chi connectivity index (χ2v) is 7.57. The standard InChI is InChI=1S/C20H19ClF4N4O4/c21-14-3-2-13(5-15(14)22)32-10-17(30)29-12-1-4-16(33-9-12)18(31)26-6-11-7-27-19(28-8-11)20(23,24)25/h2-3,5,7-8,12,16H,1,4,6,9-10H2,(H,26,31)(H,29,30)/t12-,16+/m1/s1. The van der Waals surface area contributed by atoms with Crippen molar-refractivity contribution in [2.45, 2.75) is 37.7 Å². The molecule has 2 atom stereocenters. The Balaban J connectivity index is 1.36. The maximum Gasteiger partial charge on any atom is 0.451 e. The Morgan fingerprint density at radius 1 is 1.21 bits per heavy atom. The van der Waals surface area contributed by atoms with E-state index in [1.165, 1.54) is 12.1 Å². The van der Waals surface area contributed by atoms with Gasteiger partial charge in [-0.05, 0) is 25.0 Å². The molecule has 2 amide bonds. The number of ether oxygens (including phenoxy) is 2. The first-order chi connectivity index (χ1) is 15.6. The average molecular weight is 491 g/mol. The van der Waals surface area contributed by atoms with Crippen LogP contribution in [0.1, 0.15) is 24.2 Å². The van der Waals surface area contributed by atoms with Gasteiger partial charge in [0.05, 0.1) is 17.7 Å². The van der Waals surface area contributed by atoms with E-state index in [1.807, 2.05) is 0 Å². The molecule has 1 aromatic heterocycles. The first kappa shape index (κ1) is 24.6. The van der Waals surface area contributed by atoms with Crippen LogP contribution in [0.5, 0.6) is 5.75 Å². The fourth-order valence-corrected chi connectivity index (χ4v) is 3.07. The van der Waals surface area contributed by atoms with E-state index < -0.39 is 35.7 Å². The molecule has 1 aliphatic rings. The van der Waals surface area contributed by atoms with Crippen molar-refractivity contribution in [1.82, 2.24) is 20.6 Å². The van der Waals surface area contributed by atoms with Crippen molar-refractivity contribution >= 4 is 23.4 Å². The van der Waals surface area contributed by atoms with E-state index in [4.69, 9.17) is 21.1 Å². The van der Waals surface area contributed by atoms with Gasteiger partial charge in [-0.2, -0.15) is 13.2 Å². The number of aromatic nitrogens is 2. The highest BCUT2D eigenvalue weighted by Crippen LogP contribution is 2.25. The third-order valence-electron chi connectivity index (χ3n) is 4.62. The number of nitrogens with one attached hydrogen (secondary N) is 2. The number of alkyl halides is 3. The second-order valence-electron chi connectivity index (χ2n) is 7.16. The van der Waals surface area contributed by atoms with E-state index in [0.717, 1.165) is 18.5 Å². The van der Waals surface area contributed by atoms with Crippen molar-refractivity contribution in [2.75, 3.05) is 13.2 Å². The predicted molar refractivity (Wildman–Crippen MR) is 107 cm³/mol. The quantitative estimate of drug-likeness (QED) is 0.579. The number of benzene rings is 1. The summed E-state index contributed by atoms with van der Waals surface area (Å²) in [5.74, 6) is -2.64. The first-order valence-electron chi connectivity index (χ1n) is 9.76. The third kappa shape index (κ3) is 7.26. The molecule has 2 heterocycles. The first-order valence-corrected chi connectivity index (χ1v) is 10.1. The molecule has 0 aliphatic carbocycles. The summed E-state index contributed by atoms with van der Waals surface area (Å²) in [6.45, 7) is -0.306. The van der Waals surface area contributed by atoms with Crippen LogP contribution in [-0.2, 0) is 27.0 Å². The van der Waals surface area contributed by atoms with Crippen molar-refractivity contribution in [1.29, 1.82) is 0 Å². The van der Waals surface area contributed by atoms with E-state index in [1.54, 1.807) is 0 Å². The van der Waals surface area contributed by atoms with Gasteiger partial charge in [0.2, 0.25) is 11.7 Å². The Bertz CT molecular complexity index is 983. The molecule has 3 rings (SSSR count). The predicted octanol–water partition coefficient (Wildman–Crippen LogP) is 2.65. The number of hydrogen-bond acceptors (Lipinski definition) is 6. The van der Waals surface area contributed by atoms with Crippen LogP contribution in [0.4, 0.5) is 17.6 Å². The molecule has 2 N–H and O–H groups in total. The highest BCUT2D eigenvalue weighted by molar-refractivity contribution is 6.30. The van der Waals surface area contributed by atoms with E-state index in [9.17, 15) is 27.2 Å². The minimum atomic E-state index is -4.64. The molecule has 0 radical (unpaired) electrons. The van der Waals surface area contributed by atoms with Gasteiger partial charge in [0.1, 0.15) is 17.7 Å². The molecule has 8 nitrogen and oxygen atoms in total. The van der Waals surface area contributed by atoms with Crippen molar-refractivity contribution in [3.8, 4) is 5.75 Å². The van der Waals surface area contributed by atoms with Gasteiger partial charge in [-0.25, -0.2) is 14.4 Å². The molecule has 0 unspecified atom stereocenters. The summed E-state index contributed by atoms with van der Waals surface area (Å²) in [6, 6.07) is 3.48. The minimum absolute atomic E-state index is 0.0559. The summed E-state index contributed by atoms with van der Waals surface area (Å²) in [4.78, 5) is 30.7. The summed E-state index contributed by atoms with van der Waals surface area (Å²) >= 11 is 5.58. The number of rotatable bonds is 7. The van der Waals surface area contributed by atoms with Crippen molar-refractivity contribution in [3.05, 3.63) is 52.8 Å². The molecule has 2 aromatic rings. The molecule has 1 saturated heterocycles. The Morgan fingerprint density at radius 2 is 1.94 bits per heavy atom. The van der Waals surface area contributed by atoms with Crippen LogP contribution in [0.2, 0.25) is 5.02 Å². The minimum Gasteiger partial charge on any atom is -0.484 e. The molecule has 0 bridgehead atoms. The van der Waals surface area contributed by atoms with Gasteiger partial charge >= 0.3 is 6.18 Å². The second kappa shape index (κ2) is 10.8. The van der Waals surface area contributed by atoms with Gasteiger partial charge in [-0.15, -0.1) is 0 Å². The maximum absolute atomic E-state index is 13.4. The highest BCUT2D eigenvalue weighted by Gasteiger charge is 2.34. The van der Waals surface area contributed by atoms with Crippen LogP contribution in [0.3, 0.4) is 0 Å². The summed E-state index contributed by atoms with van der Waals surface area (Å²) in [7, 11) is 0. The number of nitrogens with zero attached hydrogens (tertiary/aromatic N) is 2. The molecular weight excluding hydrogens is 472 g/mol. The normalized spacial score (nSPS) is 18.5. The van der Waals surface area contributed by atoms with Gasteiger partial charge in [-0.3, -0.25) is 9.59 Å². The third-order valence-corrected chi connectivity index (χ3v) is 4.93. The Hall–Kier alpha value is -2.99. The molecule has 1 aliphatic heterocycles. The van der Waals surface area contributed by atoms with E-state index >= 15 is 0 Å². The topological polar surface area (TPSA) is 102 Å². The monoisotopic (exact) mass is 490 g/mol. The maximum atomic E-state index is 13.4. The molecule has 0 saturated carbocycles. The van der Waals surface area contributed by atoms with Crippen LogP contribution in [0.15, 0.2) is 30.6 Å². The van der Waals surface area contributed by atoms with Crippen LogP contribution in [-0.4, -0.2) is 47.1 Å². The van der Waals surface area contributed by atoms with E-state index in [-0.39, 0.29) is 36.6 Å². The zero-order chi connectivity index (χ0) is 24.0. The van der Waals surface area contributed by atoms with Gasteiger partial charge in [0.15, 0.2) is 6.61 Å². The summed E-state index contributed by atoms with van der Waals surface area (Å²) < 4.78 is 61.5. The lowest BCUT2D eigenvalue weighted by molar-refractivity contribution is -0.145. The van der Waals surface area contributed by atoms with Crippen molar-refractivity contribution in [3.63, 3.8) is 0 Å². The van der Waals surface area contributed by atoms with Gasteiger partial charge < -0.3 is 20.1 Å². The zero-order valence-electron chi connectivity index (χ0n) is 17.0. The van der Waals surface area contributed by atoms with E-state index in [0.29, 0.717) is 18.4 Å². The lowest BCUT2D eigenvalue weighted by Gasteiger charge is -2.28. The molecule has 13 heteroatoms. The van der Waals surface area contributed by atoms with Crippen LogP contribution in [0.25, 0.3) is 0 Å². The average Bonchev–Trinajstić information content (AvgIpc) is 2.78. The summed E-state index contributed by atoms with van der Waals surface area (Å²) in [5, 5.41) is 5.20. The lowest BCUT2D eigenvalue weighted by atomic mass is 10.0. The molecule has 0 spiro atoms. The van der Waals surface area contributed by atoms with E-state index in [2.05, 4.69) is 20.6 Å².